The molecule has 1 saturated heterocycles. The molecule has 1 rings (SSSR count). The molecule has 98 valence electrons. The second-order valence-electron chi connectivity index (χ2n) is 4.83. The molecule has 0 unspecified atom stereocenters. The Hall–Kier alpha value is -1.83. The molecule has 0 saturated carbocycles. The molecule has 0 radical (unpaired) electrons. The molecule has 0 aliphatic carbocycles. The Morgan fingerprint density at radius 3 is 2.72 bits per heavy atom. The van der Waals surface area contributed by atoms with Crippen molar-refractivity contribution in [2.24, 2.45) is 0 Å². The Bertz CT molecular complexity index is 407. The highest BCUT2D eigenvalue weighted by Gasteiger charge is 2.42. The van der Waals surface area contributed by atoms with Crippen LogP contribution in [0, 0.1) is 12.3 Å². The molecule has 1 fully saturated rings. The van der Waals surface area contributed by atoms with E-state index in [-0.39, 0.29) is 12.5 Å². The number of imide groups is 1. The zero-order valence-electron chi connectivity index (χ0n) is 10.8. The van der Waals surface area contributed by atoms with Crippen LogP contribution >= 0.6 is 0 Å². The lowest BCUT2D eigenvalue weighted by Crippen LogP contribution is -2.65. The van der Waals surface area contributed by atoms with Crippen molar-refractivity contribution >= 4 is 17.7 Å². The summed E-state index contributed by atoms with van der Waals surface area (Å²) in [4.78, 5) is 36.3. The first-order valence-electron chi connectivity index (χ1n) is 5.98. The van der Waals surface area contributed by atoms with E-state index >= 15 is 0 Å². The Morgan fingerprint density at radius 2 is 2.11 bits per heavy atom. The summed E-state index contributed by atoms with van der Waals surface area (Å²) < 4.78 is 0. The number of terminal acetylenes is 1. The van der Waals surface area contributed by atoms with E-state index in [1.54, 1.807) is 13.8 Å². The number of piperazine rings is 1. The summed E-state index contributed by atoms with van der Waals surface area (Å²) in [5.41, 5.74) is -0.975. The topological polar surface area (TPSA) is 66.5 Å². The summed E-state index contributed by atoms with van der Waals surface area (Å²) in [6.07, 6.45) is 7.52. The van der Waals surface area contributed by atoms with Crippen molar-refractivity contribution in [2.45, 2.75) is 45.1 Å². The minimum Gasteiger partial charge on any atom is -0.319 e. The molecule has 1 aliphatic heterocycles. The van der Waals surface area contributed by atoms with E-state index in [4.69, 9.17) is 6.42 Å². The number of rotatable bonds is 4. The van der Waals surface area contributed by atoms with Crippen LogP contribution in [0.4, 0.5) is 0 Å². The quantitative estimate of drug-likeness (QED) is 0.447. The van der Waals surface area contributed by atoms with Gasteiger partial charge < -0.3 is 4.90 Å². The van der Waals surface area contributed by atoms with Crippen LogP contribution in [0.3, 0.4) is 0 Å². The van der Waals surface area contributed by atoms with Crippen molar-refractivity contribution in [1.82, 2.24) is 10.2 Å². The summed E-state index contributed by atoms with van der Waals surface area (Å²) in [7, 11) is 0. The van der Waals surface area contributed by atoms with Gasteiger partial charge in [0.25, 0.3) is 5.91 Å². The van der Waals surface area contributed by atoms with Crippen LogP contribution in [-0.2, 0) is 14.4 Å². The van der Waals surface area contributed by atoms with Crippen molar-refractivity contribution < 1.29 is 14.4 Å². The van der Waals surface area contributed by atoms with Gasteiger partial charge in [-0.3, -0.25) is 19.7 Å². The zero-order chi connectivity index (χ0) is 13.8. The van der Waals surface area contributed by atoms with E-state index in [2.05, 4.69) is 11.2 Å². The fourth-order valence-electron chi connectivity index (χ4n) is 1.82. The molecule has 0 aromatic heterocycles. The Kier molecular flexibility index (Phi) is 4.49. The van der Waals surface area contributed by atoms with Crippen LogP contribution in [0.1, 0.15) is 39.5 Å². The second-order valence-corrected chi connectivity index (χ2v) is 4.83. The maximum absolute atomic E-state index is 12.0. The normalized spacial score (nSPS) is 18.2. The lowest BCUT2D eigenvalue weighted by atomic mass is 9.97. The van der Waals surface area contributed by atoms with E-state index in [1.807, 2.05) is 0 Å². The van der Waals surface area contributed by atoms with Crippen molar-refractivity contribution in [2.75, 3.05) is 6.54 Å². The molecule has 5 heteroatoms. The molecule has 0 aromatic rings. The van der Waals surface area contributed by atoms with Gasteiger partial charge in [-0.1, -0.05) is 0 Å². The molecule has 1 heterocycles. The molecule has 0 bridgehead atoms. The number of nitrogens with one attached hydrogen (secondary N) is 1. The highest BCUT2D eigenvalue weighted by atomic mass is 16.2. The predicted molar refractivity (Wildman–Crippen MR) is 66.2 cm³/mol. The van der Waals surface area contributed by atoms with Crippen LogP contribution in [-0.4, -0.2) is 34.7 Å². The minimum absolute atomic E-state index is 0.0628. The Morgan fingerprint density at radius 1 is 1.44 bits per heavy atom. The number of unbranched alkanes of at least 4 members (excludes halogenated alkanes) is 2. The molecular weight excluding hydrogens is 232 g/mol. The molecule has 3 amide bonds. The third kappa shape index (κ3) is 3.10. The van der Waals surface area contributed by atoms with E-state index in [1.165, 1.54) is 4.90 Å². The van der Waals surface area contributed by atoms with Crippen LogP contribution in [0.15, 0.2) is 0 Å². The number of carbonyl (C=O) groups is 3. The predicted octanol–water partition coefficient (Wildman–Crippen LogP) is 0.444. The monoisotopic (exact) mass is 250 g/mol. The highest BCUT2D eigenvalue weighted by molar-refractivity contribution is 6.06. The molecular formula is C13H18N2O3. The maximum atomic E-state index is 12.0. The molecule has 18 heavy (non-hydrogen) atoms. The van der Waals surface area contributed by atoms with Gasteiger partial charge in [0.05, 0.1) is 0 Å². The minimum atomic E-state index is -0.975. The van der Waals surface area contributed by atoms with Crippen molar-refractivity contribution in [3.8, 4) is 12.3 Å². The second kappa shape index (κ2) is 5.67. The van der Waals surface area contributed by atoms with E-state index in [9.17, 15) is 14.4 Å². The summed E-state index contributed by atoms with van der Waals surface area (Å²) >= 11 is 0. The first-order valence-corrected chi connectivity index (χ1v) is 5.98. The van der Waals surface area contributed by atoms with Crippen LogP contribution in [0.2, 0.25) is 0 Å². The molecule has 5 nitrogen and oxygen atoms in total. The van der Waals surface area contributed by atoms with Crippen LogP contribution < -0.4 is 5.32 Å². The van der Waals surface area contributed by atoms with Gasteiger partial charge in [-0.2, -0.15) is 0 Å². The van der Waals surface area contributed by atoms with Gasteiger partial charge in [0.15, 0.2) is 0 Å². The van der Waals surface area contributed by atoms with Gasteiger partial charge in [-0.25, -0.2) is 0 Å². The van der Waals surface area contributed by atoms with Gasteiger partial charge in [-0.15, -0.1) is 12.3 Å². The van der Waals surface area contributed by atoms with E-state index < -0.39 is 17.4 Å². The van der Waals surface area contributed by atoms with Crippen LogP contribution in [0.25, 0.3) is 0 Å². The Balaban J connectivity index is 2.62. The third-order valence-electron chi connectivity index (χ3n) is 3.05. The van der Waals surface area contributed by atoms with Gasteiger partial charge >= 0.3 is 0 Å². The standard InChI is InChI=1S/C13H18N2O3/c1-4-5-6-7-8-11(17)15-9-10(16)14-12(18)13(15,2)3/h1H,5-9H2,2-3H3,(H,14,16,18). The third-order valence-corrected chi connectivity index (χ3v) is 3.05. The molecule has 0 aromatic carbocycles. The number of carbonyl (C=O) groups excluding carboxylic acids is 3. The summed E-state index contributed by atoms with van der Waals surface area (Å²) in [6.45, 7) is 3.20. The first kappa shape index (κ1) is 14.2. The van der Waals surface area contributed by atoms with Crippen molar-refractivity contribution in [3.05, 3.63) is 0 Å². The average molecular weight is 250 g/mol. The number of hydrogen-bond donors (Lipinski definition) is 1. The average Bonchev–Trinajstić information content (AvgIpc) is 2.29. The summed E-state index contributed by atoms with van der Waals surface area (Å²) in [5.74, 6) is 1.46. The zero-order valence-corrected chi connectivity index (χ0v) is 10.8. The maximum Gasteiger partial charge on any atom is 0.252 e. The largest absolute Gasteiger partial charge is 0.319 e. The van der Waals surface area contributed by atoms with E-state index in [0.717, 1.165) is 6.42 Å². The molecule has 0 spiro atoms. The summed E-state index contributed by atoms with van der Waals surface area (Å²) in [5, 5.41) is 2.23. The molecule has 1 N–H and O–H groups in total. The summed E-state index contributed by atoms with van der Waals surface area (Å²) in [6, 6.07) is 0. The number of hydrogen-bond acceptors (Lipinski definition) is 3. The molecule has 1 aliphatic rings. The van der Waals surface area contributed by atoms with Crippen LogP contribution in [0.5, 0.6) is 0 Å². The SMILES string of the molecule is C#CCCCCC(=O)N1CC(=O)NC(=O)C1(C)C. The smallest absolute Gasteiger partial charge is 0.252 e. The van der Waals surface area contributed by atoms with Gasteiger partial charge in [-0.05, 0) is 26.7 Å². The fraction of sp³-hybridized carbons (Fsp3) is 0.615. The van der Waals surface area contributed by atoms with Gasteiger partial charge in [0, 0.05) is 12.8 Å². The highest BCUT2D eigenvalue weighted by Crippen LogP contribution is 2.20. The first-order chi connectivity index (χ1) is 8.39. The van der Waals surface area contributed by atoms with Crippen molar-refractivity contribution in [3.63, 3.8) is 0 Å². The lowest BCUT2D eigenvalue weighted by molar-refractivity contribution is -0.155. The number of amides is 3. The fourth-order valence-corrected chi connectivity index (χ4v) is 1.82. The van der Waals surface area contributed by atoms with Crippen molar-refractivity contribution in [1.29, 1.82) is 0 Å². The van der Waals surface area contributed by atoms with E-state index in [0.29, 0.717) is 19.3 Å². The van der Waals surface area contributed by atoms with Gasteiger partial charge in [0.1, 0.15) is 12.1 Å². The van der Waals surface area contributed by atoms with Gasteiger partial charge in [0.2, 0.25) is 11.8 Å². The number of nitrogens with zero attached hydrogens (tertiary/aromatic N) is 1. The lowest BCUT2D eigenvalue weighted by Gasteiger charge is -2.40. The molecule has 0 atom stereocenters. The Labute approximate surface area is 107 Å².